The fourth-order valence-corrected chi connectivity index (χ4v) is 3.90. The largest absolute Gasteiger partial charge is 0.486 e. The van der Waals surface area contributed by atoms with Crippen LogP contribution in [-0.2, 0) is 16.0 Å². The second-order valence-corrected chi connectivity index (χ2v) is 8.43. The van der Waals surface area contributed by atoms with Gasteiger partial charge in [-0.3, -0.25) is 19.7 Å². The molecule has 2 aromatic carbocycles. The summed E-state index contributed by atoms with van der Waals surface area (Å²) < 4.78 is 11.1. The van der Waals surface area contributed by atoms with Crippen LogP contribution in [0.2, 0.25) is 10.0 Å². The van der Waals surface area contributed by atoms with E-state index in [1.54, 1.807) is 42.5 Å². The molecule has 9 heteroatoms. The number of hydrogen-bond acceptors (Lipinski definition) is 6. The first kappa shape index (κ1) is 23.2. The Morgan fingerprint density at radius 2 is 1.77 bits per heavy atom. The highest BCUT2D eigenvalue weighted by molar-refractivity contribution is 8.18. The molecule has 31 heavy (non-hydrogen) atoms. The molecule has 0 spiro atoms. The number of halogens is 2. The van der Waals surface area contributed by atoms with E-state index in [1.807, 2.05) is 6.92 Å². The van der Waals surface area contributed by atoms with Crippen molar-refractivity contribution in [3.8, 4) is 11.5 Å². The smallest absolute Gasteiger partial charge is 0.290 e. The SMILES string of the molecule is CCCc1c(OCC(=O)COc2ccc(/C=C3/SC(=O)NC3=O)cc2)ccc(Cl)c1Cl. The van der Waals surface area contributed by atoms with Crippen LogP contribution in [-0.4, -0.2) is 30.1 Å². The molecular formula is C22H19Cl2NO5S. The number of rotatable bonds is 9. The zero-order chi connectivity index (χ0) is 22.4. The van der Waals surface area contributed by atoms with Gasteiger partial charge in [0.05, 0.1) is 15.0 Å². The minimum Gasteiger partial charge on any atom is -0.486 e. The van der Waals surface area contributed by atoms with E-state index in [-0.39, 0.29) is 24.2 Å². The number of ether oxygens (including phenoxy) is 2. The third kappa shape index (κ3) is 6.26. The van der Waals surface area contributed by atoms with Gasteiger partial charge in [-0.15, -0.1) is 0 Å². The molecule has 0 saturated carbocycles. The van der Waals surface area contributed by atoms with Gasteiger partial charge in [-0.1, -0.05) is 48.7 Å². The van der Waals surface area contributed by atoms with Gasteiger partial charge >= 0.3 is 0 Å². The van der Waals surface area contributed by atoms with E-state index in [2.05, 4.69) is 5.32 Å². The number of benzene rings is 2. The molecule has 0 radical (unpaired) electrons. The van der Waals surface area contributed by atoms with Crippen molar-refractivity contribution >= 4 is 58.0 Å². The van der Waals surface area contributed by atoms with Gasteiger partial charge in [0.25, 0.3) is 11.1 Å². The van der Waals surface area contributed by atoms with Gasteiger partial charge in [-0.05, 0) is 54.1 Å². The molecule has 0 aromatic heterocycles. The molecule has 1 heterocycles. The molecule has 162 valence electrons. The van der Waals surface area contributed by atoms with Crippen molar-refractivity contribution in [1.29, 1.82) is 0 Å². The van der Waals surface area contributed by atoms with Crippen LogP contribution in [0, 0.1) is 0 Å². The molecule has 1 saturated heterocycles. The van der Waals surface area contributed by atoms with Crippen LogP contribution < -0.4 is 14.8 Å². The average Bonchev–Trinajstić information content (AvgIpc) is 3.07. The molecule has 1 aliphatic heterocycles. The lowest BCUT2D eigenvalue weighted by atomic mass is 10.1. The number of carbonyl (C=O) groups excluding carboxylic acids is 3. The molecule has 0 unspecified atom stereocenters. The van der Waals surface area contributed by atoms with Crippen LogP contribution in [0.3, 0.4) is 0 Å². The topological polar surface area (TPSA) is 81.7 Å². The lowest BCUT2D eigenvalue weighted by Crippen LogP contribution is -2.19. The fraction of sp³-hybridized carbons (Fsp3) is 0.227. The van der Waals surface area contributed by atoms with Gasteiger partial charge in [0.1, 0.15) is 18.1 Å². The molecule has 3 rings (SSSR count). The van der Waals surface area contributed by atoms with Gasteiger partial charge in [-0.2, -0.15) is 0 Å². The van der Waals surface area contributed by atoms with Crippen LogP contribution in [0.4, 0.5) is 4.79 Å². The first-order valence-corrected chi connectivity index (χ1v) is 11.0. The molecule has 6 nitrogen and oxygen atoms in total. The summed E-state index contributed by atoms with van der Waals surface area (Å²) in [6.07, 6.45) is 3.16. The highest BCUT2D eigenvalue weighted by Crippen LogP contribution is 2.34. The first-order valence-electron chi connectivity index (χ1n) is 9.46. The maximum Gasteiger partial charge on any atom is 0.290 e. The zero-order valence-corrected chi connectivity index (χ0v) is 18.9. The molecular weight excluding hydrogens is 461 g/mol. The summed E-state index contributed by atoms with van der Waals surface area (Å²) in [5, 5.41) is 2.70. The molecule has 1 aliphatic rings. The van der Waals surface area contributed by atoms with E-state index in [1.165, 1.54) is 0 Å². The van der Waals surface area contributed by atoms with E-state index < -0.39 is 5.91 Å². The van der Waals surface area contributed by atoms with Gasteiger partial charge in [-0.25, -0.2) is 0 Å². The maximum atomic E-state index is 12.2. The predicted molar refractivity (Wildman–Crippen MR) is 122 cm³/mol. The molecule has 1 N–H and O–H groups in total. The van der Waals surface area contributed by atoms with Gasteiger partial charge in [0.2, 0.25) is 5.78 Å². The van der Waals surface area contributed by atoms with Crippen LogP contribution in [0.5, 0.6) is 11.5 Å². The van der Waals surface area contributed by atoms with E-state index in [0.29, 0.717) is 32.9 Å². The molecule has 2 amide bonds. The third-order valence-electron chi connectivity index (χ3n) is 4.26. The number of hydrogen-bond donors (Lipinski definition) is 1. The van der Waals surface area contributed by atoms with E-state index in [0.717, 1.165) is 29.3 Å². The Morgan fingerprint density at radius 3 is 2.42 bits per heavy atom. The lowest BCUT2D eigenvalue weighted by molar-refractivity contribution is -0.123. The minimum atomic E-state index is -0.412. The van der Waals surface area contributed by atoms with E-state index in [4.69, 9.17) is 32.7 Å². The minimum absolute atomic E-state index is 0.154. The summed E-state index contributed by atoms with van der Waals surface area (Å²) >= 11 is 13.2. The molecule has 0 bridgehead atoms. The van der Waals surface area contributed by atoms with Crippen molar-refractivity contribution < 1.29 is 23.9 Å². The Bertz CT molecular complexity index is 1040. The van der Waals surface area contributed by atoms with E-state index >= 15 is 0 Å². The summed E-state index contributed by atoms with van der Waals surface area (Å²) in [4.78, 5) is 35.3. The Kier molecular flexibility index (Phi) is 8.01. The second-order valence-electron chi connectivity index (χ2n) is 6.63. The summed E-state index contributed by atoms with van der Waals surface area (Å²) in [5.41, 5.74) is 1.52. The van der Waals surface area contributed by atoms with Crippen LogP contribution in [0.1, 0.15) is 24.5 Å². The van der Waals surface area contributed by atoms with Gasteiger partial charge in [0, 0.05) is 5.56 Å². The Labute approximate surface area is 193 Å². The Balaban J connectivity index is 1.52. The van der Waals surface area contributed by atoms with Crippen LogP contribution >= 0.6 is 35.0 Å². The van der Waals surface area contributed by atoms with E-state index in [9.17, 15) is 14.4 Å². The number of ketones is 1. The number of imide groups is 1. The standard InChI is InChI=1S/C22H19Cl2NO5S/c1-2-3-16-18(9-8-17(23)20(16)24)30-12-14(26)11-29-15-6-4-13(5-7-15)10-19-21(27)25-22(28)31-19/h4-10H,2-3,11-12H2,1H3,(H,25,27,28)/b19-10+. The van der Waals surface area contributed by atoms with Crippen LogP contribution in [0.15, 0.2) is 41.3 Å². The van der Waals surface area contributed by atoms with Crippen molar-refractivity contribution in [3.05, 3.63) is 62.5 Å². The predicted octanol–water partition coefficient (Wildman–Crippen LogP) is 5.30. The number of amides is 2. The summed E-state index contributed by atoms with van der Waals surface area (Å²) in [7, 11) is 0. The van der Waals surface area contributed by atoms with Crippen molar-refractivity contribution in [3.63, 3.8) is 0 Å². The number of nitrogens with one attached hydrogen (secondary N) is 1. The molecule has 1 fully saturated rings. The second kappa shape index (κ2) is 10.7. The summed E-state index contributed by atoms with van der Waals surface area (Å²) in [5.74, 6) is 0.382. The normalized spacial score (nSPS) is 14.6. The number of thioether (sulfide) groups is 1. The van der Waals surface area contributed by atoms with Crippen molar-refractivity contribution in [2.45, 2.75) is 19.8 Å². The maximum absolute atomic E-state index is 12.2. The average molecular weight is 480 g/mol. The van der Waals surface area contributed by atoms with Gasteiger partial charge < -0.3 is 9.47 Å². The van der Waals surface area contributed by atoms with Gasteiger partial charge in [0.15, 0.2) is 6.61 Å². The quantitative estimate of drug-likeness (QED) is 0.491. The van der Waals surface area contributed by atoms with Crippen molar-refractivity contribution in [1.82, 2.24) is 5.32 Å². The molecule has 2 aromatic rings. The fourth-order valence-electron chi connectivity index (χ4n) is 2.79. The Hall–Kier alpha value is -2.48. The lowest BCUT2D eigenvalue weighted by Gasteiger charge is -2.13. The third-order valence-corrected chi connectivity index (χ3v) is 5.92. The monoisotopic (exact) mass is 479 g/mol. The van der Waals surface area contributed by atoms with Crippen molar-refractivity contribution in [2.75, 3.05) is 13.2 Å². The zero-order valence-electron chi connectivity index (χ0n) is 16.6. The summed E-state index contributed by atoms with van der Waals surface area (Å²) in [6.45, 7) is 1.71. The van der Waals surface area contributed by atoms with Crippen LogP contribution in [0.25, 0.3) is 6.08 Å². The molecule has 0 aliphatic carbocycles. The number of Topliss-reactive ketones (excluding diaryl/α,β-unsaturated/α-hetero) is 1. The number of carbonyl (C=O) groups is 3. The summed E-state index contributed by atoms with van der Waals surface area (Å²) in [6, 6.07) is 10.2. The Morgan fingerprint density at radius 1 is 1.06 bits per heavy atom. The first-order chi connectivity index (χ1) is 14.9. The molecule has 0 atom stereocenters. The highest BCUT2D eigenvalue weighted by Gasteiger charge is 2.24. The van der Waals surface area contributed by atoms with Crippen molar-refractivity contribution in [2.24, 2.45) is 0 Å². The highest BCUT2D eigenvalue weighted by atomic mass is 35.5.